The molecule has 0 aromatic heterocycles. The van der Waals surface area contributed by atoms with Gasteiger partial charge in [0.2, 0.25) is 0 Å². The summed E-state index contributed by atoms with van der Waals surface area (Å²) in [5.74, 6) is -0.979. The van der Waals surface area contributed by atoms with Crippen molar-refractivity contribution in [2.45, 2.75) is 32.9 Å². The van der Waals surface area contributed by atoms with Gasteiger partial charge in [0, 0.05) is 6.54 Å². The van der Waals surface area contributed by atoms with Gasteiger partial charge in [-0.2, -0.15) is 0 Å². The van der Waals surface area contributed by atoms with E-state index >= 15 is 0 Å². The Morgan fingerprint density at radius 3 is 2.60 bits per heavy atom. The van der Waals surface area contributed by atoms with Gasteiger partial charge in [-0.05, 0) is 17.4 Å². The molecule has 0 saturated carbocycles. The number of carbonyl (C=O) groups is 2. The molecule has 5 nitrogen and oxygen atoms in total. The summed E-state index contributed by atoms with van der Waals surface area (Å²) in [6, 6.07) is 8.53. The van der Waals surface area contributed by atoms with Crippen LogP contribution in [-0.4, -0.2) is 34.7 Å². The third kappa shape index (κ3) is 3.29. The van der Waals surface area contributed by atoms with Crippen LogP contribution in [0.5, 0.6) is 0 Å². The number of carbonyl (C=O) groups excluding carboxylic acids is 1. The van der Waals surface area contributed by atoms with Crippen LogP contribution in [0.3, 0.4) is 0 Å². The maximum absolute atomic E-state index is 12.1. The number of rotatable bonds is 3. The second kappa shape index (κ2) is 5.53. The molecular formula is C15H19NO4. The van der Waals surface area contributed by atoms with Gasteiger partial charge in [0.1, 0.15) is 12.6 Å². The molecule has 108 valence electrons. The van der Waals surface area contributed by atoms with E-state index in [4.69, 9.17) is 4.74 Å². The minimum Gasteiger partial charge on any atom is -0.480 e. The predicted molar refractivity (Wildman–Crippen MR) is 73.2 cm³/mol. The normalized spacial score (nSPS) is 20.7. The average molecular weight is 277 g/mol. The molecule has 1 aromatic carbocycles. The van der Waals surface area contributed by atoms with Gasteiger partial charge in [0.05, 0.1) is 0 Å². The second-order valence-corrected chi connectivity index (χ2v) is 5.89. The van der Waals surface area contributed by atoms with Gasteiger partial charge in [-0.25, -0.2) is 9.59 Å². The monoisotopic (exact) mass is 277 g/mol. The molecule has 0 aliphatic carbocycles. The standard InChI is InChI=1S/C15H19NO4/c1-15(2)8-12(13(17)18)16(10-15)14(19)20-9-11-6-4-3-5-7-11/h3-7,12H,8-10H2,1-2H3,(H,17,18). The van der Waals surface area contributed by atoms with Gasteiger partial charge < -0.3 is 9.84 Å². The summed E-state index contributed by atoms with van der Waals surface area (Å²) in [7, 11) is 0. The number of nitrogens with zero attached hydrogens (tertiary/aromatic N) is 1. The zero-order valence-corrected chi connectivity index (χ0v) is 11.7. The maximum atomic E-state index is 12.1. The van der Waals surface area contributed by atoms with Crippen LogP contribution in [0, 0.1) is 5.41 Å². The summed E-state index contributed by atoms with van der Waals surface area (Å²) in [5, 5.41) is 9.20. The van der Waals surface area contributed by atoms with Gasteiger partial charge >= 0.3 is 12.1 Å². The number of carboxylic acid groups (broad SMARTS) is 1. The van der Waals surface area contributed by atoms with Crippen LogP contribution in [0.25, 0.3) is 0 Å². The summed E-state index contributed by atoms with van der Waals surface area (Å²) in [5.41, 5.74) is 0.681. The van der Waals surface area contributed by atoms with Crippen molar-refractivity contribution < 1.29 is 19.4 Å². The Morgan fingerprint density at radius 1 is 1.35 bits per heavy atom. The van der Waals surface area contributed by atoms with E-state index in [-0.39, 0.29) is 12.0 Å². The molecule has 1 amide bonds. The first-order valence-electron chi connectivity index (χ1n) is 6.59. The quantitative estimate of drug-likeness (QED) is 0.921. The summed E-state index contributed by atoms with van der Waals surface area (Å²) in [6.45, 7) is 4.46. The lowest BCUT2D eigenvalue weighted by atomic mass is 9.91. The van der Waals surface area contributed by atoms with Crippen molar-refractivity contribution in [3.63, 3.8) is 0 Å². The van der Waals surface area contributed by atoms with Gasteiger partial charge in [-0.3, -0.25) is 4.90 Å². The van der Waals surface area contributed by atoms with E-state index in [1.807, 2.05) is 44.2 Å². The first-order valence-corrected chi connectivity index (χ1v) is 6.59. The molecule has 1 atom stereocenters. The second-order valence-electron chi connectivity index (χ2n) is 5.89. The molecule has 1 unspecified atom stereocenters. The lowest BCUT2D eigenvalue weighted by Crippen LogP contribution is -2.40. The third-order valence-corrected chi connectivity index (χ3v) is 3.45. The van der Waals surface area contributed by atoms with Gasteiger partial charge in [-0.15, -0.1) is 0 Å². The summed E-state index contributed by atoms with van der Waals surface area (Å²) < 4.78 is 5.21. The smallest absolute Gasteiger partial charge is 0.410 e. The number of benzene rings is 1. The van der Waals surface area contributed by atoms with Crippen LogP contribution in [0.1, 0.15) is 25.8 Å². The molecular weight excluding hydrogens is 258 g/mol. The summed E-state index contributed by atoms with van der Waals surface area (Å²) >= 11 is 0. The maximum Gasteiger partial charge on any atom is 0.410 e. The van der Waals surface area contributed by atoms with E-state index in [9.17, 15) is 14.7 Å². The van der Waals surface area contributed by atoms with E-state index in [2.05, 4.69) is 0 Å². The molecule has 20 heavy (non-hydrogen) atoms. The minimum atomic E-state index is -0.979. The van der Waals surface area contributed by atoms with Crippen LogP contribution in [0.4, 0.5) is 4.79 Å². The highest BCUT2D eigenvalue weighted by Crippen LogP contribution is 2.34. The van der Waals surface area contributed by atoms with E-state index in [0.717, 1.165) is 5.56 Å². The Labute approximate surface area is 118 Å². The highest BCUT2D eigenvalue weighted by Gasteiger charge is 2.44. The van der Waals surface area contributed by atoms with Crippen molar-refractivity contribution in [3.8, 4) is 0 Å². The molecule has 1 saturated heterocycles. The van der Waals surface area contributed by atoms with Crippen LogP contribution >= 0.6 is 0 Å². The van der Waals surface area contributed by atoms with Crippen LogP contribution < -0.4 is 0 Å². The summed E-state index contributed by atoms with van der Waals surface area (Å²) in [6.07, 6.45) is -0.116. The van der Waals surface area contributed by atoms with Crippen molar-refractivity contribution in [1.29, 1.82) is 0 Å². The number of amides is 1. The van der Waals surface area contributed by atoms with Crippen molar-refractivity contribution in [1.82, 2.24) is 4.90 Å². The van der Waals surface area contributed by atoms with Crippen LogP contribution in [-0.2, 0) is 16.1 Å². The fourth-order valence-corrected chi connectivity index (χ4v) is 2.48. The molecule has 5 heteroatoms. The minimum absolute atomic E-state index is 0.156. The van der Waals surface area contributed by atoms with Crippen LogP contribution in [0.2, 0.25) is 0 Å². The van der Waals surface area contributed by atoms with Crippen LogP contribution in [0.15, 0.2) is 30.3 Å². The Kier molecular flexibility index (Phi) is 3.97. The topological polar surface area (TPSA) is 66.8 Å². The highest BCUT2D eigenvalue weighted by molar-refractivity contribution is 5.81. The molecule has 1 fully saturated rings. The van der Waals surface area contributed by atoms with Crippen molar-refractivity contribution in [3.05, 3.63) is 35.9 Å². The van der Waals surface area contributed by atoms with Crippen molar-refractivity contribution >= 4 is 12.1 Å². The van der Waals surface area contributed by atoms with Gasteiger partial charge in [0.15, 0.2) is 0 Å². The first-order chi connectivity index (χ1) is 9.39. The molecule has 1 aromatic rings. The zero-order chi connectivity index (χ0) is 14.8. The number of hydrogen-bond acceptors (Lipinski definition) is 3. The van der Waals surface area contributed by atoms with Gasteiger partial charge in [0.25, 0.3) is 0 Å². The molecule has 1 heterocycles. The molecule has 1 aliphatic rings. The zero-order valence-electron chi connectivity index (χ0n) is 11.7. The van der Waals surface area contributed by atoms with E-state index < -0.39 is 18.1 Å². The van der Waals surface area contributed by atoms with E-state index in [1.54, 1.807) is 0 Å². The predicted octanol–water partition coefficient (Wildman–Crippen LogP) is 2.51. The average Bonchev–Trinajstić information content (AvgIpc) is 2.74. The van der Waals surface area contributed by atoms with Crippen molar-refractivity contribution in [2.24, 2.45) is 5.41 Å². The molecule has 0 spiro atoms. The molecule has 2 rings (SSSR count). The largest absolute Gasteiger partial charge is 0.480 e. The van der Waals surface area contributed by atoms with Crippen molar-refractivity contribution in [2.75, 3.05) is 6.54 Å². The fourth-order valence-electron chi connectivity index (χ4n) is 2.48. The Bertz CT molecular complexity index is 498. The van der Waals surface area contributed by atoms with E-state index in [0.29, 0.717) is 13.0 Å². The summed E-state index contributed by atoms with van der Waals surface area (Å²) in [4.78, 5) is 24.6. The first kappa shape index (κ1) is 14.4. The molecule has 0 radical (unpaired) electrons. The van der Waals surface area contributed by atoms with Gasteiger partial charge in [-0.1, -0.05) is 44.2 Å². The SMILES string of the molecule is CC1(C)CC(C(=O)O)N(C(=O)OCc2ccccc2)C1. The lowest BCUT2D eigenvalue weighted by Gasteiger charge is -2.21. The number of likely N-dealkylation sites (tertiary alicyclic amines) is 1. The Hall–Kier alpha value is -2.04. The fraction of sp³-hybridized carbons (Fsp3) is 0.467. The number of carboxylic acids is 1. The number of hydrogen-bond donors (Lipinski definition) is 1. The molecule has 1 N–H and O–H groups in total. The Balaban J connectivity index is 1.99. The highest BCUT2D eigenvalue weighted by atomic mass is 16.6. The van der Waals surface area contributed by atoms with E-state index in [1.165, 1.54) is 4.90 Å². The number of aliphatic carboxylic acids is 1. The number of ether oxygens (including phenoxy) is 1. The molecule has 0 bridgehead atoms. The third-order valence-electron chi connectivity index (χ3n) is 3.45. The Morgan fingerprint density at radius 2 is 2.00 bits per heavy atom. The molecule has 1 aliphatic heterocycles. The lowest BCUT2D eigenvalue weighted by molar-refractivity contribution is -0.141.